The van der Waals surface area contributed by atoms with Crippen LogP contribution >= 0.6 is 11.8 Å². The van der Waals surface area contributed by atoms with Crippen molar-refractivity contribution in [2.75, 3.05) is 19.5 Å². The first-order valence-corrected chi connectivity index (χ1v) is 9.68. The van der Waals surface area contributed by atoms with Gasteiger partial charge in [0, 0.05) is 11.9 Å². The zero-order chi connectivity index (χ0) is 20.8. The molecule has 1 N–H and O–H groups in total. The summed E-state index contributed by atoms with van der Waals surface area (Å²) in [6.45, 7) is -0.395. The second-order valence-electron chi connectivity index (χ2n) is 6.04. The maximum absolute atomic E-state index is 12.0. The molecule has 3 rings (SSSR count). The van der Waals surface area contributed by atoms with Crippen LogP contribution in [0.15, 0.2) is 59.2 Å². The highest BCUT2D eigenvalue weighted by Gasteiger charge is 2.17. The largest absolute Gasteiger partial charge is 0.507 e. The number of hydrogen-bond acceptors (Lipinski definition) is 7. The molecule has 29 heavy (non-hydrogen) atoms. The number of ether oxygens (including phenoxy) is 2. The number of thioether (sulfide) groups is 1. The number of nitrogens with zero attached hydrogens (tertiary/aromatic N) is 3. The maximum atomic E-state index is 12.0. The van der Waals surface area contributed by atoms with Gasteiger partial charge in [0.05, 0.1) is 23.9 Å². The molecule has 3 aromatic rings. The van der Waals surface area contributed by atoms with Gasteiger partial charge in [-0.05, 0) is 36.4 Å². The first-order valence-electron chi connectivity index (χ1n) is 8.70. The van der Waals surface area contributed by atoms with E-state index in [1.54, 1.807) is 30.9 Å². The van der Waals surface area contributed by atoms with Crippen molar-refractivity contribution in [2.45, 2.75) is 4.90 Å². The quantitative estimate of drug-likeness (QED) is 0.275. The summed E-state index contributed by atoms with van der Waals surface area (Å²) in [5.74, 6) is 0.287. The van der Waals surface area contributed by atoms with Crippen molar-refractivity contribution in [1.29, 1.82) is 5.26 Å². The molecule has 0 radical (unpaired) electrons. The zero-order valence-electron chi connectivity index (χ0n) is 16.0. The number of rotatable bonds is 7. The topological polar surface area (TPSA) is 97.4 Å². The van der Waals surface area contributed by atoms with E-state index in [0.717, 1.165) is 16.2 Å². The first kappa shape index (κ1) is 20.3. The van der Waals surface area contributed by atoms with Crippen LogP contribution in [0, 0.1) is 11.3 Å². The third kappa shape index (κ3) is 4.70. The Morgan fingerprint density at radius 3 is 2.62 bits per heavy atom. The number of imidazole rings is 1. The monoisotopic (exact) mass is 409 g/mol. The van der Waals surface area contributed by atoms with E-state index in [4.69, 9.17) is 9.47 Å². The summed E-state index contributed by atoms with van der Waals surface area (Å²) in [6.07, 6.45) is 0. The Kier molecular flexibility index (Phi) is 6.42. The molecule has 0 aliphatic heterocycles. The highest BCUT2D eigenvalue weighted by molar-refractivity contribution is 8.00. The highest BCUT2D eigenvalue weighted by Crippen LogP contribution is 2.23. The summed E-state index contributed by atoms with van der Waals surface area (Å²) < 4.78 is 11.9. The summed E-state index contributed by atoms with van der Waals surface area (Å²) in [5.41, 5.74) is 1.51. The molecule has 0 spiro atoms. The molecule has 2 aromatic carbocycles. The number of methoxy groups -OCH3 is 1. The first-order chi connectivity index (χ1) is 14.0. The number of fused-ring (bicyclic) bond motifs is 1. The molecule has 0 fully saturated rings. The van der Waals surface area contributed by atoms with E-state index in [9.17, 15) is 15.2 Å². The molecule has 0 aliphatic rings. The van der Waals surface area contributed by atoms with Crippen molar-refractivity contribution in [1.82, 2.24) is 9.55 Å². The SMILES string of the molecule is COc1ccc(SCC(=O)OC/C(O)=C(\C#N)c2nc3ccccc3n2C)cc1. The van der Waals surface area contributed by atoms with Gasteiger partial charge in [-0.2, -0.15) is 5.26 Å². The lowest BCUT2D eigenvalue weighted by Gasteiger charge is -2.07. The molecule has 0 aliphatic carbocycles. The fraction of sp³-hybridized carbons (Fsp3) is 0.190. The normalized spacial score (nSPS) is 11.6. The van der Waals surface area contributed by atoms with E-state index < -0.39 is 12.6 Å². The van der Waals surface area contributed by atoms with Crippen LogP contribution in [0.1, 0.15) is 5.82 Å². The Bertz CT molecular complexity index is 1100. The minimum absolute atomic E-state index is 0.0284. The second kappa shape index (κ2) is 9.17. The number of para-hydroxylation sites is 2. The van der Waals surface area contributed by atoms with Gasteiger partial charge in [-0.15, -0.1) is 11.8 Å². The van der Waals surface area contributed by atoms with Gasteiger partial charge in [-0.25, -0.2) is 4.98 Å². The number of aliphatic hydroxyl groups is 1. The molecule has 1 heterocycles. The second-order valence-corrected chi connectivity index (χ2v) is 7.09. The van der Waals surface area contributed by atoms with Crippen LogP contribution in [0.2, 0.25) is 0 Å². The number of aryl methyl sites for hydroxylation is 1. The zero-order valence-corrected chi connectivity index (χ0v) is 16.8. The van der Waals surface area contributed by atoms with Crippen molar-refractivity contribution in [3.63, 3.8) is 0 Å². The van der Waals surface area contributed by atoms with Gasteiger partial charge in [-0.1, -0.05) is 12.1 Å². The molecule has 148 valence electrons. The van der Waals surface area contributed by atoms with Crippen LogP contribution in [0.4, 0.5) is 0 Å². The number of benzene rings is 2. The number of carbonyl (C=O) groups excluding carboxylic acids is 1. The summed E-state index contributed by atoms with van der Waals surface area (Å²) in [6, 6.07) is 16.6. The lowest BCUT2D eigenvalue weighted by atomic mass is 10.2. The van der Waals surface area contributed by atoms with Crippen molar-refractivity contribution in [3.8, 4) is 11.8 Å². The van der Waals surface area contributed by atoms with Crippen molar-refractivity contribution < 1.29 is 19.4 Å². The Hall–Kier alpha value is -3.44. The molecule has 7 nitrogen and oxygen atoms in total. The Morgan fingerprint density at radius 2 is 1.97 bits per heavy atom. The van der Waals surface area contributed by atoms with Gasteiger partial charge in [0.25, 0.3) is 0 Å². The van der Waals surface area contributed by atoms with Gasteiger partial charge < -0.3 is 19.1 Å². The number of aliphatic hydroxyl groups excluding tert-OH is 1. The number of aromatic nitrogens is 2. The highest BCUT2D eigenvalue weighted by atomic mass is 32.2. The van der Waals surface area contributed by atoms with E-state index in [1.807, 2.05) is 42.5 Å². The average molecular weight is 409 g/mol. The minimum Gasteiger partial charge on any atom is -0.507 e. The van der Waals surface area contributed by atoms with Crippen LogP contribution < -0.4 is 4.74 Å². The fourth-order valence-corrected chi connectivity index (χ4v) is 3.39. The molecule has 0 amide bonds. The van der Waals surface area contributed by atoms with Crippen LogP contribution in [0.25, 0.3) is 16.6 Å². The van der Waals surface area contributed by atoms with Gasteiger partial charge in [0.1, 0.15) is 24.0 Å². The van der Waals surface area contributed by atoms with E-state index >= 15 is 0 Å². The third-order valence-electron chi connectivity index (χ3n) is 4.20. The van der Waals surface area contributed by atoms with Crippen molar-refractivity contribution >= 4 is 34.3 Å². The van der Waals surface area contributed by atoms with Crippen LogP contribution in [-0.4, -0.2) is 40.1 Å². The summed E-state index contributed by atoms with van der Waals surface area (Å²) in [7, 11) is 3.34. The molecule has 1 aromatic heterocycles. The van der Waals surface area contributed by atoms with Gasteiger partial charge in [0.2, 0.25) is 0 Å². The molecule has 0 unspecified atom stereocenters. The molecule has 0 saturated heterocycles. The van der Waals surface area contributed by atoms with Crippen LogP contribution in [-0.2, 0) is 16.6 Å². The number of carbonyl (C=O) groups is 1. The van der Waals surface area contributed by atoms with E-state index in [2.05, 4.69) is 4.98 Å². The summed E-state index contributed by atoms with van der Waals surface area (Å²) >= 11 is 1.31. The smallest absolute Gasteiger partial charge is 0.316 e. The lowest BCUT2D eigenvalue weighted by molar-refractivity contribution is -0.140. The van der Waals surface area contributed by atoms with Crippen molar-refractivity contribution in [3.05, 3.63) is 60.1 Å². The Labute approximate surface area is 172 Å². The standard InChI is InChI=1S/C21H19N3O4S/c1-24-18-6-4-3-5-17(18)23-21(24)16(11-22)19(25)12-28-20(26)13-29-15-9-7-14(27-2)8-10-15/h3-10,25H,12-13H2,1-2H3/b19-16-. The number of esters is 1. The lowest BCUT2D eigenvalue weighted by Crippen LogP contribution is -2.11. The Morgan fingerprint density at radius 1 is 1.24 bits per heavy atom. The molecule has 8 heteroatoms. The molecule has 0 atom stereocenters. The van der Waals surface area contributed by atoms with Crippen LogP contribution in [0.5, 0.6) is 5.75 Å². The number of hydrogen-bond donors (Lipinski definition) is 1. The average Bonchev–Trinajstić information content (AvgIpc) is 3.08. The molecular formula is C21H19N3O4S. The maximum Gasteiger partial charge on any atom is 0.316 e. The summed E-state index contributed by atoms with van der Waals surface area (Å²) in [4.78, 5) is 17.3. The van der Waals surface area contributed by atoms with Crippen LogP contribution in [0.3, 0.4) is 0 Å². The predicted octanol–water partition coefficient (Wildman–Crippen LogP) is 3.71. The number of allylic oxidation sites excluding steroid dienone is 1. The van der Waals surface area contributed by atoms with E-state index in [0.29, 0.717) is 11.3 Å². The van der Waals surface area contributed by atoms with E-state index in [-0.39, 0.29) is 17.1 Å². The minimum atomic E-state index is -0.500. The molecule has 0 saturated carbocycles. The van der Waals surface area contributed by atoms with E-state index in [1.165, 1.54) is 11.8 Å². The van der Waals surface area contributed by atoms with Crippen molar-refractivity contribution in [2.24, 2.45) is 7.05 Å². The third-order valence-corrected chi connectivity index (χ3v) is 5.18. The number of nitriles is 1. The van der Waals surface area contributed by atoms with Gasteiger partial charge in [-0.3, -0.25) is 4.79 Å². The fourth-order valence-electron chi connectivity index (χ4n) is 2.69. The van der Waals surface area contributed by atoms with Gasteiger partial charge in [0.15, 0.2) is 11.6 Å². The summed E-state index contributed by atoms with van der Waals surface area (Å²) in [5, 5.41) is 19.8. The van der Waals surface area contributed by atoms with Gasteiger partial charge >= 0.3 is 5.97 Å². The molecule has 0 bridgehead atoms. The Balaban J connectivity index is 1.64. The predicted molar refractivity (Wildman–Crippen MR) is 111 cm³/mol. The molecular weight excluding hydrogens is 390 g/mol.